The Morgan fingerprint density at radius 1 is 1.22 bits per heavy atom. The van der Waals surface area contributed by atoms with Crippen molar-refractivity contribution in [3.8, 4) is 11.5 Å². The maximum atomic E-state index is 13.6. The molecule has 0 saturated heterocycles. The van der Waals surface area contributed by atoms with Crippen LogP contribution in [0.5, 0.6) is 11.5 Å². The Balaban J connectivity index is 2.22. The standard InChI is InChI=1S/C24H29NO7/c1-11(2)32-24(29)19-13(4)25-15-9-12(3)18(23(28)31-6)22(27)21(15)20(19)14-7-8-16(26)17(10-14)30-5/h7-8,10-12,18,20,25-26H,9H2,1-6H3/t12-,18-,20+/m0/s1. The number of Topliss-reactive ketones (excluding diaryl/α,β-unsaturated/α-hetero) is 1. The lowest BCUT2D eigenvalue weighted by Gasteiger charge is -2.38. The Hall–Kier alpha value is -3.29. The third-order valence-electron chi connectivity index (χ3n) is 5.84. The highest BCUT2D eigenvalue weighted by Gasteiger charge is 2.47. The highest BCUT2D eigenvalue weighted by molar-refractivity contribution is 6.12. The molecule has 0 amide bonds. The molecule has 1 heterocycles. The molecule has 0 spiro atoms. The number of methoxy groups -OCH3 is 2. The van der Waals surface area contributed by atoms with E-state index in [1.807, 2.05) is 6.92 Å². The van der Waals surface area contributed by atoms with E-state index >= 15 is 0 Å². The van der Waals surface area contributed by atoms with Crippen LogP contribution in [-0.2, 0) is 23.9 Å². The predicted molar refractivity (Wildman–Crippen MR) is 116 cm³/mol. The third-order valence-corrected chi connectivity index (χ3v) is 5.84. The zero-order valence-corrected chi connectivity index (χ0v) is 19.1. The Morgan fingerprint density at radius 3 is 2.50 bits per heavy atom. The van der Waals surface area contributed by atoms with Crippen LogP contribution in [0.2, 0.25) is 0 Å². The molecule has 0 aromatic heterocycles. The number of carbonyl (C=O) groups is 3. The fourth-order valence-corrected chi connectivity index (χ4v) is 4.44. The number of phenolic OH excluding ortho intramolecular Hbond substituents is 1. The molecular weight excluding hydrogens is 414 g/mol. The second-order valence-corrected chi connectivity index (χ2v) is 8.42. The van der Waals surface area contributed by atoms with Gasteiger partial charge in [-0.2, -0.15) is 0 Å². The van der Waals surface area contributed by atoms with E-state index in [0.29, 0.717) is 29.0 Å². The minimum Gasteiger partial charge on any atom is -0.504 e. The molecule has 3 rings (SSSR count). The molecule has 0 unspecified atom stereocenters. The number of ketones is 1. The summed E-state index contributed by atoms with van der Waals surface area (Å²) in [5.74, 6) is -3.45. The predicted octanol–water partition coefficient (Wildman–Crippen LogP) is 2.97. The molecule has 1 aromatic rings. The zero-order chi connectivity index (χ0) is 23.7. The molecule has 0 radical (unpaired) electrons. The van der Waals surface area contributed by atoms with E-state index in [1.165, 1.54) is 20.3 Å². The van der Waals surface area contributed by atoms with Crippen molar-refractivity contribution in [2.24, 2.45) is 11.8 Å². The molecule has 172 valence electrons. The summed E-state index contributed by atoms with van der Waals surface area (Å²) in [5, 5.41) is 13.3. The van der Waals surface area contributed by atoms with Gasteiger partial charge in [-0.25, -0.2) is 4.79 Å². The number of dihydropyridines is 1. The molecule has 0 fully saturated rings. The van der Waals surface area contributed by atoms with Crippen molar-refractivity contribution in [1.82, 2.24) is 5.32 Å². The lowest BCUT2D eigenvalue weighted by atomic mass is 9.69. The summed E-state index contributed by atoms with van der Waals surface area (Å²) in [6, 6.07) is 4.67. The van der Waals surface area contributed by atoms with E-state index < -0.39 is 29.6 Å². The van der Waals surface area contributed by atoms with Crippen LogP contribution in [0.25, 0.3) is 0 Å². The number of rotatable bonds is 5. The molecule has 8 heteroatoms. The van der Waals surface area contributed by atoms with Gasteiger partial charge >= 0.3 is 11.9 Å². The van der Waals surface area contributed by atoms with Crippen LogP contribution in [0.4, 0.5) is 0 Å². The molecular formula is C24H29NO7. The lowest BCUT2D eigenvalue weighted by molar-refractivity contribution is -0.151. The SMILES string of the molecule is COC(=O)[C@@H]1C(=O)C2=C(C[C@@H]1C)NC(C)=C(C(=O)OC(C)C)[C@H]2c1ccc(O)c(OC)c1. The van der Waals surface area contributed by atoms with Crippen LogP contribution < -0.4 is 10.1 Å². The summed E-state index contributed by atoms with van der Waals surface area (Å²) < 4.78 is 15.6. The van der Waals surface area contributed by atoms with Crippen LogP contribution >= 0.6 is 0 Å². The Bertz CT molecular complexity index is 1020. The molecule has 1 aliphatic heterocycles. The molecule has 2 aliphatic rings. The summed E-state index contributed by atoms with van der Waals surface area (Å²) in [6.45, 7) is 7.07. The van der Waals surface area contributed by atoms with Gasteiger partial charge in [0.05, 0.1) is 25.9 Å². The van der Waals surface area contributed by atoms with Gasteiger partial charge in [-0.05, 0) is 50.8 Å². The van der Waals surface area contributed by atoms with Crippen molar-refractivity contribution >= 4 is 17.7 Å². The van der Waals surface area contributed by atoms with Crippen molar-refractivity contribution in [2.75, 3.05) is 14.2 Å². The molecule has 8 nitrogen and oxygen atoms in total. The van der Waals surface area contributed by atoms with E-state index in [1.54, 1.807) is 32.9 Å². The summed E-state index contributed by atoms with van der Waals surface area (Å²) in [7, 11) is 2.67. The number of aromatic hydroxyl groups is 1. The van der Waals surface area contributed by atoms with Crippen molar-refractivity contribution in [3.05, 3.63) is 46.3 Å². The average molecular weight is 443 g/mol. The molecule has 3 atom stereocenters. The van der Waals surface area contributed by atoms with E-state index in [9.17, 15) is 19.5 Å². The number of ether oxygens (including phenoxy) is 3. The van der Waals surface area contributed by atoms with Gasteiger partial charge in [-0.15, -0.1) is 0 Å². The second kappa shape index (κ2) is 9.06. The summed E-state index contributed by atoms with van der Waals surface area (Å²) in [5.41, 5.74) is 2.40. The molecule has 1 aliphatic carbocycles. The number of nitrogens with one attached hydrogen (secondary N) is 1. The Kier molecular flexibility index (Phi) is 6.62. The first-order valence-electron chi connectivity index (χ1n) is 10.5. The number of benzene rings is 1. The zero-order valence-electron chi connectivity index (χ0n) is 19.1. The first-order valence-corrected chi connectivity index (χ1v) is 10.5. The molecule has 2 N–H and O–H groups in total. The monoisotopic (exact) mass is 443 g/mol. The first kappa shape index (κ1) is 23.4. The number of phenols is 1. The number of allylic oxidation sites excluding steroid dienone is 3. The van der Waals surface area contributed by atoms with Crippen molar-refractivity contribution < 1.29 is 33.7 Å². The van der Waals surface area contributed by atoms with Gasteiger partial charge < -0.3 is 24.6 Å². The van der Waals surface area contributed by atoms with E-state index in [0.717, 1.165) is 0 Å². The summed E-state index contributed by atoms with van der Waals surface area (Å²) in [6.07, 6.45) is 0.0780. The van der Waals surface area contributed by atoms with Crippen LogP contribution in [0.15, 0.2) is 40.7 Å². The fourth-order valence-electron chi connectivity index (χ4n) is 4.44. The first-order chi connectivity index (χ1) is 15.1. The van der Waals surface area contributed by atoms with E-state index in [2.05, 4.69) is 5.32 Å². The van der Waals surface area contributed by atoms with Crippen LogP contribution in [0.1, 0.15) is 45.6 Å². The molecule has 32 heavy (non-hydrogen) atoms. The van der Waals surface area contributed by atoms with Gasteiger partial charge in [-0.1, -0.05) is 13.0 Å². The van der Waals surface area contributed by atoms with Gasteiger partial charge in [0.1, 0.15) is 5.92 Å². The van der Waals surface area contributed by atoms with Crippen molar-refractivity contribution in [2.45, 2.75) is 46.1 Å². The van der Waals surface area contributed by atoms with Gasteiger partial charge in [0.25, 0.3) is 0 Å². The number of esters is 2. The molecule has 0 bridgehead atoms. The highest BCUT2D eigenvalue weighted by atomic mass is 16.5. The highest BCUT2D eigenvalue weighted by Crippen LogP contribution is 2.46. The van der Waals surface area contributed by atoms with Gasteiger partial charge in [-0.3, -0.25) is 9.59 Å². The molecule has 1 aromatic carbocycles. The van der Waals surface area contributed by atoms with Crippen LogP contribution in [0, 0.1) is 11.8 Å². The van der Waals surface area contributed by atoms with Crippen LogP contribution in [0.3, 0.4) is 0 Å². The van der Waals surface area contributed by atoms with E-state index in [4.69, 9.17) is 14.2 Å². The largest absolute Gasteiger partial charge is 0.504 e. The van der Waals surface area contributed by atoms with Gasteiger partial charge in [0.15, 0.2) is 17.3 Å². The van der Waals surface area contributed by atoms with E-state index in [-0.39, 0.29) is 29.1 Å². The minimum absolute atomic E-state index is 0.0672. The topological polar surface area (TPSA) is 111 Å². The number of hydrogen-bond acceptors (Lipinski definition) is 8. The maximum Gasteiger partial charge on any atom is 0.337 e. The summed E-state index contributed by atoms with van der Waals surface area (Å²) >= 11 is 0. The normalized spacial score (nSPS) is 23.0. The number of hydrogen-bond donors (Lipinski definition) is 2. The fraction of sp³-hybridized carbons (Fsp3) is 0.458. The average Bonchev–Trinajstić information content (AvgIpc) is 2.72. The second-order valence-electron chi connectivity index (χ2n) is 8.42. The summed E-state index contributed by atoms with van der Waals surface area (Å²) in [4.78, 5) is 39.2. The van der Waals surface area contributed by atoms with Gasteiger partial charge in [0, 0.05) is 22.9 Å². The van der Waals surface area contributed by atoms with Crippen molar-refractivity contribution in [3.63, 3.8) is 0 Å². The smallest absolute Gasteiger partial charge is 0.337 e. The quantitative estimate of drug-likeness (QED) is 0.528. The molecule has 0 saturated carbocycles. The Morgan fingerprint density at radius 2 is 1.91 bits per heavy atom. The Labute approximate surface area is 187 Å². The maximum absolute atomic E-state index is 13.6. The third kappa shape index (κ3) is 4.09. The van der Waals surface area contributed by atoms with Gasteiger partial charge in [0.2, 0.25) is 0 Å². The van der Waals surface area contributed by atoms with Crippen LogP contribution in [-0.4, -0.2) is 43.2 Å². The number of carbonyl (C=O) groups excluding carboxylic acids is 3. The van der Waals surface area contributed by atoms with Crippen molar-refractivity contribution in [1.29, 1.82) is 0 Å². The minimum atomic E-state index is -0.970. The lowest BCUT2D eigenvalue weighted by Crippen LogP contribution is -2.43.